The van der Waals surface area contributed by atoms with E-state index in [1.54, 1.807) is 26.0 Å². The molecular weight excluding hydrogens is 262 g/mol. The first-order valence-corrected chi connectivity index (χ1v) is 5.79. The van der Waals surface area contributed by atoms with E-state index in [9.17, 15) is 14.9 Å². The normalized spacial score (nSPS) is 10.2. The van der Waals surface area contributed by atoms with Gasteiger partial charge in [-0.15, -0.1) is 0 Å². The zero-order chi connectivity index (χ0) is 15.1. The number of nitro groups is 1. The Kier molecular flexibility index (Phi) is 5.46. The standard InChI is InChI=1S/C14H15NO5/c1-10(2)8-14(16)20-12-5-4-11(6-7-15(17)18)9-13(12)19-3/h4-9H,1-3H3/b7-6+. The summed E-state index contributed by atoms with van der Waals surface area (Å²) in [6.07, 6.45) is 3.51. The molecule has 0 bridgehead atoms. The fourth-order valence-corrected chi connectivity index (χ4v) is 1.39. The minimum absolute atomic E-state index is 0.258. The first-order chi connectivity index (χ1) is 9.42. The van der Waals surface area contributed by atoms with E-state index in [1.807, 2.05) is 0 Å². The average molecular weight is 277 g/mol. The van der Waals surface area contributed by atoms with Crippen LogP contribution in [0.1, 0.15) is 19.4 Å². The molecule has 0 aliphatic carbocycles. The van der Waals surface area contributed by atoms with Crippen LogP contribution in [0, 0.1) is 10.1 Å². The molecule has 0 N–H and O–H groups in total. The third kappa shape index (κ3) is 4.93. The van der Waals surface area contributed by atoms with Gasteiger partial charge in [-0.05, 0) is 31.5 Å². The van der Waals surface area contributed by atoms with E-state index in [0.29, 0.717) is 11.3 Å². The van der Waals surface area contributed by atoms with Crippen LogP contribution >= 0.6 is 0 Å². The van der Waals surface area contributed by atoms with Crippen molar-refractivity contribution in [2.75, 3.05) is 7.11 Å². The van der Waals surface area contributed by atoms with Gasteiger partial charge in [-0.1, -0.05) is 11.6 Å². The molecule has 106 valence electrons. The Hall–Kier alpha value is -2.63. The van der Waals surface area contributed by atoms with Gasteiger partial charge in [0.2, 0.25) is 6.20 Å². The summed E-state index contributed by atoms with van der Waals surface area (Å²) in [5, 5.41) is 10.3. The Morgan fingerprint density at radius 2 is 2.00 bits per heavy atom. The maximum Gasteiger partial charge on any atom is 0.336 e. The minimum Gasteiger partial charge on any atom is -0.493 e. The Morgan fingerprint density at radius 3 is 2.55 bits per heavy atom. The second-order valence-electron chi connectivity index (χ2n) is 4.15. The molecule has 1 rings (SSSR count). The van der Waals surface area contributed by atoms with Gasteiger partial charge in [-0.2, -0.15) is 0 Å². The average Bonchev–Trinajstić information content (AvgIpc) is 2.36. The predicted octanol–water partition coefficient (Wildman–Crippen LogP) is 2.81. The van der Waals surface area contributed by atoms with Crippen molar-refractivity contribution in [1.29, 1.82) is 0 Å². The highest BCUT2D eigenvalue weighted by atomic mass is 16.6. The van der Waals surface area contributed by atoms with Gasteiger partial charge in [0.05, 0.1) is 12.0 Å². The number of rotatable bonds is 5. The molecule has 20 heavy (non-hydrogen) atoms. The lowest BCUT2D eigenvalue weighted by atomic mass is 10.2. The van der Waals surface area contributed by atoms with E-state index in [-0.39, 0.29) is 5.75 Å². The maximum atomic E-state index is 11.5. The monoisotopic (exact) mass is 277 g/mol. The largest absolute Gasteiger partial charge is 0.493 e. The summed E-state index contributed by atoms with van der Waals surface area (Å²) in [6.45, 7) is 3.56. The van der Waals surface area contributed by atoms with Crippen LogP contribution in [0.5, 0.6) is 11.5 Å². The van der Waals surface area contributed by atoms with Crippen LogP contribution in [-0.4, -0.2) is 18.0 Å². The molecule has 0 aliphatic heterocycles. The molecule has 0 radical (unpaired) electrons. The molecule has 0 heterocycles. The summed E-state index contributed by atoms with van der Waals surface area (Å²) in [4.78, 5) is 21.2. The van der Waals surface area contributed by atoms with Crippen LogP contribution < -0.4 is 9.47 Å². The first kappa shape index (κ1) is 15.4. The van der Waals surface area contributed by atoms with Crippen molar-refractivity contribution in [2.24, 2.45) is 0 Å². The van der Waals surface area contributed by atoms with E-state index in [2.05, 4.69) is 0 Å². The molecule has 0 aliphatic rings. The van der Waals surface area contributed by atoms with Crippen LogP contribution in [0.3, 0.4) is 0 Å². The summed E-state index contributed by atoms with van der Waals surface area (Å²) < 4.78 is 10.2. The van der Waals surface area contributed by atoms with E-state index in [0.717, 1.165) is 11.8 Å². The van der Waals surface area contributed by atoms with Gasteiger partial charge in [0.25, 0.3) is 0 Å². The number of ether oxygens (including phenoxy) is 2. The molecule has 1 aromatic rings. The van der Waals surface area contributed by atoms with Crippen molar-refractivity contribution in [3.8, 4) is 11.5 Å². The van der Waals surface area contributed by atoms with Crippen LogP contribution in [0.25, 0.3) is 6.08 Å². The van der Waals surface area contributed by atoms with Gasteiger partial charge >= 0.3 is 5.97 Å². The molecule has 0 fully saturated rings. The van der Waals surface area contributed by atoms with Crippen molar-refractivity contribution in [3.05, 3.63) is 51.7 Å². The van der Waals surface area contributed by atoms with Gasteiger partial charge in [0, 0.05) is 12.2 Å². The third-order valence-corrected chi connectivity index (χ3v) is 2.19. The third-order valence-electron chi connectivity index (χ3n) is 2.19. The molecule has 0 amide bonds. The number of esters is 1. The Balaban J connectivity index is 2.96. The van der Waals surface area contributed by atoms with Crippen molar-refractivity contribution >= 4 is 12.0 Å². The highest BCUT2D eigenvalue weighted by molar-refractivity contribution is 5.85. The molecule has 0 saturated heterocycles. The molecule has 0 aromatic heterocycles. The van der Waals surface area contributed by atoms with Crippen LogP contribution in [0.2, 0.25) is 0 Å². The van der Waals surface area contributed by atoms with Gasteiger partial charge in [0.15, 0.2) is 11.5 Å². The number of allylic oxidation sites excluding steroid dienone is 1. The van der Waals surface area contributed by atoms with Gasteiger partial charge in [-0.3, -0.25) is 10.1 Å². The van der Waals surface area contributed by atoms with Gasteiger partial charge in [0.1, 0.15) is 0 Å². The van der Waals surface area contributed by atoms with E-state index in [4.69, 9.17) is 9.47 Å². The van der Waals surface area contributed by atoms with Crippen molar-refractivity contribution < 1.29 is 19.2 Å². The first-order valence-electron chi connectivity index (χ1n) is 5.79. The van der Waals surface area contributed by atoms with E-state index in [1.165, 1.54) is 25.3 Å². The Bertz CT molecular complexity index is 571. The van der Waals surface area contributed by atoms with Crippen molar-refractivity contribution in [2.45, 2.75) is 13.8 Å². The molecular formula is C14H15NO5. The second kappa shape index (κ2) is 7.08. The lowest BCUT2D eigenvalue weighted by molar-refractivity contribution is -0.400. The second-order valence-corrected chi connectivity index (χ2v) is 4.15. The van der Waals surface area contributed by atoms with E-state index < -0.39 is 10.9 Å². The van der Waals surface area contributed by atoms with Crippen LogP contribution in [0.4, 0.5) is 0 Å². The van der Waals surface area contributed by atoms with Crippen LogP contribution in [0.15, 0.2) is 36.0 Å². The molecule has 0 spiro atoms. The molecule has 1 aromatic carbocycles. The van der Waals surface area contributed by atoms with Crippen molar-refractivity contribution in [1.82, 2.24) is 0 Å². The molecule has 0 atom stereocenters. The highest BCUT2D eigenvalue weighted by Crippen LogP contribution is 2.28. The zero-order valence-corrected chi connectivity index (χ0v) is 11.5. The maximum absolute atomic E-state index is 11.5. The fourth-order valence-electron chi connectivity index (χ4n) is 1.39. The van der Waals surface area contributed by atoms with Gasteiger partial charge in [-0.25, -0.2) is 4.79 Å². The molecule has 6 nitrogen and oxygen atoms in total. The van der Waals surface area contributed by atoms with Crippen LogP contribution in [-0.2, 0) is 4.79 Å². The minimum atomic E-state index is -0.560. The smallest absolute Gasteiger partial charge is 0.336 e. The number of nitrogens with zero attached hydrogens (tertiary/aromatic N) is 1. The number of methoxy groups -OCH3 is 1. The summed E-state index contributed by atoms with van der Waals surface area (Å²) in [5.41, 5.74) is 1.39. The molecule has 6 heteroatoms. The van der Waals surface area contributed by atoms with E-state index >= 15 is 0 Å². The Morgan fingerprint density at radius 1 is 1.30 bits per heavy atom. The van der Waals surface area contributed by atoms with Crippen molar-refractivity contribution in [3.63, 3.8) is 0 Å². The topological polar surface area (TPSA) is 78.7 Å². The molecule has 0 saturated carbocycles. The number of benzene rings is 1. The number of hydrogen-bond donors (Lipinski definition) is 0. The zero-order valence-electron chi connectivity index (χ0n) is 11.5. The summed E-state index contributed by atoms with van der Waals surface area (Å²) in [7, 11) is 1.43. The SMILES string of the molecule is COc1cc(/C=C/[N+](=O)[O-])ccc1OC(=O)C=C(C)C. The van der Waals surface area contributed by atoms with Gasteiger partial charge < -0.3 is 9.47 Å². The lowest BCUT2D eigenvalue weighted by Crippen LogP contribution is -2.05. The molecule has 0 unspecified atom stereocenters. The summed E-state index contributed by atoms with van der Waals surface area (Å²) >= 11 is 0. The fraction of sp³-hybridized carbons (Fsp3) is 0.214. The Labute approximate surface area is 116 Å². The predicted molar refractivity (Wildman–Crippen MR) is 74.1 cm³/mol. The summed E-state index contributed by atoms with van der Waals surface area (Å²) in [5.74, 6) is 0.0798. The summed E-state index contributed by atoms with van der Waals surface area (Å²) in [6, 6.07) is 4.66. The lowest BCUT2D eigenvalue weighted by Gasteiger charge is -2.08. The highest BCUT2D eigenvalue weighted by Gasteiger charge is 2.09. The number of carbonyl (C=O) groups is 1. The number of carbonyl (C=O) groups excluding carboxylic acids is 1. The quantitative estimate of drug-likeness (QED) is 0.272. The number of hydrogen-bond acceptors (Lipinski definition) is 5.